The molecule has 6 heterocycles. The van der Waals surface area contributed by atoms with Gasteiger partial charge in [0, 0.05) is 60.0 Å². The first kappa shape index (κ1) is 35.1. The molecule has 0 saturated carbocycles. The number of hydrogen-bond donors (Lipinski definition) is 1. The summed E-state index contributed by atoms with van der Waals surface area (Å²) in [7, 11) is -1.80. The Hall–Kier alpha value is -3.29. The second-order valence-electron chi connectivity index (χ2n) is 14.4. The van der Waals surface area contributed by atoms with Gasteiger partial charge in [-0.2, -0.15) is 18.4 Å². The Morgan fingerprint density at radius 1 is 1.10 bits per heavy atom. The van der Waals surface area contributed by atoms with Gasteiger partial charge in [-0.15, -0.1) is 11.3 Å². The number of halogens is 3. The van der Waals surface area contributed by atoms with E-state index < -0.39 is 22.6 Å². The molecule has 1 unspecified atom stereocenters. The van der Waals surface area contributed by atoms with Gasteiger partial charge < -0.3 is 9.47 Å². The summed E-state index contributed by atoms with van der Waals surface area (Å²) in [5, 5.41) is 11.5. The lowest BCUT2D eigenvalue weighted by Gasteiger charge is -2.36. The highest BCUT2D eigenvalue weighted by Gasteiger charge is 2.44. The van der Waals surface area contributed by atoms with Crippen LogP contribution in [0.3, 0.4) is 0 Å². The predicted octanol–water partition coefficient (Wildman–Crippen LogP) is 5.44. The fourth-order valence-corrected chi connectivity index (χ4v) is 10.6. The number of nitrogens with one attached hydrogen (secondary N) is 1. The van der Waals surface area contributed by atoms with Crippen LogP contribution in [-0.4, -0.2) is 96.5 Å². The van der Waals surface area contributed by atoms with E-state index in [2.05, 4.69) is 66.0 Å². The van der Waals surface area contributed by atoms with E-state index in [0.717, 1.165) is 73.6 Å². The number of likely N-dealkylation sites (tertiary alicyclic amines) is 2. The molecule has 3 saturated heterocycles. The van der Waals surface area contributed by atoms with Crippen LogP contribution < -0.4 is 9.62 Å². The predicted molar refractivity (Wildman–Crippen MR) is 190 cm³/mol. The van der Waals surface area contributed by atoms with E-state index in [1.165, 1.54) is 24.5 Å². The number of sulfonamides is 1. The third-order valence-corrected chi connectivity index (χ3v) is 14.2. The Kier molecular flexibility index (Phi) is 9.38. The highest BCUT2D eigenvalue weighted by molar-refractivity contribution is 7.90. The minimum Gasteiger partial charge on any atom is -0.355 e. The van der Waals surface area contributed by atoms with Gasteiger partial charge in [-0.25, -0.2) is 23.1 Å². The third-order valence-electron chi connectivity index (χ3n) is 11.2. The van der Waals surface area contributed by atoms with Crippen LogP contribution in [0.4, 0.5) is 19.0 Å². The lowest BCUT2D eigenvalue weighted by atomic mass is 9.86. The molecule has 1 N–H and O–H groups in total. The van der Waals surface area contributed by atoms with Crippen LogP contribution >= 0.6 is 11.3 Å². The summed E-state index contributed by atoms with van der Waals surface area (Å²) < 4.78 is 68.4. The van der Waals surface area contributed by atoms with Crippen LogP contribution in [0.2, 0.25) is 0 Å². The number of aromatic nitrogens is 3. The van der Waals surface area contributed by atoms with E-state index in [4.69, 9.17) is 0 Å². The Morgan fingerprint density at radius 3 is 2.58 bits per heavy atom. The zero-order valence-electron chi connectivity index (χ0n) is 28.6. The third kappa shape index (κ3) is 6.85. The van der Waals surface area contributed by atoms with E-state index in [0.29, 0.717) is 48.4 Å². The SMILES string of the molecule is CNS(=O)(=O)C1CCN([C@@H](C)Cn2c(C#N)cc3c(C)c(CN4CCC5(CCN(c6ncnc7sc(CC(F)(F)F)cc67)C5)C4)ccc32)CC1. The molecular weight excluding hydrogens is 686 g/mol. The van der Waals surface area contributed by atoms with Crippen molar-refractivity contribution in [2.45, 2.75) is 76.5 Å². The first-order valence-electron chi connectivity index (χ1n) is 17.2. The number of anilines is 1. The molecule has 15 heteroatoms. The average Bonchev–Trinajstić information content (AvgIpc) is 3.87. The summed E-state index contributed by atoms with van der Waals surface area (Å²) in [6.07, 6.45) is -0.516. The molecule has 0 radical (unpaired) electrons. The van der Waals surface area contributed by atoms with Crippen molar-refractivity contribution in [1.82, 2.24) is 29.1 Å². The number of nitriles is 1. The fourth-order valence-electron chi connectivity index (χ4n) is 8.44. The molecule has 268 valence electrons. The molecule has 4 aromatic rings. The molecule has 1 spiro atoms. The highest BCUT2D eigenvalue weighted by Crippen LogP contribution is 2.43. The molecule has 7 rings (SSSR count). The van der Waals surface area contributed by atoms with Crippen LogP contribution in [0.15, 0.2) is 30.6 Å². The van der Waals surface area contributed by atoms with Crippen molar-refractivity contribution in [3.05, 3.63) is 52.3 Å². The maximum atomic E-state index is 13.1. The van der Waals surface area contributed by atoms with Gasteiger partial charge in [0.2, 0.25) is 10.0 Å². The minimum absolute atomic E-state index is 0.0965. The first-order valence-corrected chi connectivity index (χ1v) is 19.6. The van der Waals surface area contributed by atoms with Gasteiger partial charge in [0.1, 0.15) is 28.7 Å². The molecule has 3 aliphatic heterocycles. The van der Waals surface area contributed by atoms with Gasteiger partial charge in [0.05, 0.1) is 17.1 Å². The normalized spacial score (nSPS) is 22.0. The number of thiophene rings is 1. The minimum atomic E-state index is -4.26. The zero-order valence-corrected chi connectivity index (χ0v) is 30.3. The second-order valence-corrected chi connectivity index (χ2v) is 17.7. The number of rotatable bonds is 9. The van der Waals surface area contributed by atoms with Gasteiger partial charge in [0.15, 0.2) is 0 Å². The van der Waals surface area contributed by atoms with Crippen molar-refractivity contribution in [2.24, 2.45) is 5.41 Å². The molecule has 0 amide bonds. The molecule has 3 aromatic heterocycles. The van der Waals surface area contributed by atoms with Gasteiger partial charge >= 0.3 is 6.18 Å². The Labute approximate surface area is 294 Å². The smallest absolute Gasteiger partial charge is 0.355 e. The van der Waals surface area contributed by atoms with Crippen LogP contribution in [0.1, 0.15) is 54.3 Å². The number of fused-ring (bicyclic) bond motifs is 2. The van der Waals surface area contributed by atoms with E-state index in [9.17, 15) is 26.9 Å². The number of alkyl halides is 3. The maximum absolute atomic E-state index is 13.1. The molecule has 10 nitrogen and oxygen atoms in total. The number of nitrogens with zero attached hydrogens (tertiary/aromatic N) is 7. The quantitative estimate of drug-likeness (QED) is 0.243. The Morgan fingerprint density at radius 2 is 1.86 bits per heavy atom. The van der Waals surface area contributed by atoms with Gasteiger partial charge in [-0.05, 0) is 95.5 Å². The molecule has 3 fully saturated rings. The van der Waals surface area contributed by atoms with E-state index in [1.54, 1.807) is 6.07 Å². The summed E-state index contributed by atoms with van der Waals surface area (Å²) in [6, 6.07) is 10.5. The van der Waals surface area contributed by atoms with Crippen molar-refractivity contribution in [3.63, 3.8) is 0 Å². The summed E-state index contributed by atoms with van der Waals surface area (Å²) in [4.78, 5) is 16.7. The number of hydrogen-bond acceptors (Lipinski definition) is 9. The van der Waals surface area contributed by atoms with Gasteiger partial charge in [0.25, 0.3) is 0 Å². The monoisotopic (exact) mass is 728 g/mol. The van der Waals surface area contributed by atoms with Crippen LogP contribution in [-0.2, 0) is 29.5 Å². The van der Waals surface area contributed by atoms with Crippen LogP contribution in [0.5, 0.6) is 0 Å². The van der Waals surface area contributed by atoms with E-state index in [1.807, 2.05) is 6.07 Å². The average molecular weight is 729 g/mol. The lowest BCUT2D eigenvalue weighted by Crippen LogP contribution is -2.46. The van der Waals surface area contributed by atoms with Crippen molar-refractivity contribution >= 4 is 48.3 Å². The molecule has 0 bridgehead atoms. The summed E-state index contributed by atoms with van der Waals surface area (Å²) in [5.41, 5.74) is 4.17. The molecule has 3 aliphatic rings. The van der Waals surface area contributed by atoms with Crippen LogP contribution in [0, 0.1) is 23.7 Å². The Balaban J connectivity index is 1.02. The standard InChI is InChI=1S/C35H43F3N8O2S2/c1-23(44-10-6-28(7-11-44)50(47,48)40-3)18-46-26(17-39)14-29-24(2)25(4-5-31(29)46)19-43-12-8-34(20-43)9-13-45(21-34)32-30-15-27(16-35(36,37)38)49-33(30)42-22-41-32/h4-5,14-15,22-23,28,40H,6-13,16,18-21H2,1-3H3/t23-,34?/m0/s1. The summed E-state index contributed by atoms with van der Waals surface area (Å²) >= 11 is 1.09. The van der Waals surface area contributed by atoms with Crippen molar-refractivity contribution < 1.29 is 21.6 Å². The van der Waals surface area contributed by atoms with E-state index in [-0.39, 0.29) is 21.6 Å². The molecular formula is C35H43F3N8O2S2. The van der Waals surface area contributed by atoms with E-state index >= 15 is 0 Å². The maximum Gasteiger partial charge on any atom is 0.393 e. The number of aryl methyl sites for hydroxylation is 1. The van der Waals surface area contributed by atoms with Crippen molar-refractivity contribution in [2.75, 3.05) is 51.2 Å². The fraction of sp³-hybridized carbons (Fsp3) is 0.571. The van der Waals surface area contributed by atoms with Crippen molar-refractivity contribution in [1.29, 1.82) is 5.26 Å². The Bertz CT molecular complexity index is 2050. The van der Waals surface area contributed by atoms with Gasteiger partial charge in [-0.1, -0.05) is 6.07 Å². The zero-order chi connectivity index (χ0) is 35.4. The lowest BCUT2D eigenvalue weighted by molar-refractivity contribution is -0.126. The molecule has 1 aromatic carbocycles. The number of piperidine rings is 1. The van der Waals surface area contributed by atoms with Gasteiger partial charge in [-0.3, -0.25) is 9.80 Å². The topological polar surface area (TPSA) is 110 Å². The molecule has 50 heavy (non-hydrogen) atoms. The molecule has 0 aliphatic carbocycles. The summed E-state index contributed by atoms with van der Waals surface area (Å²) in [5.74, 6) is 0.731. The number of benzene rings is 1. The first-order chi connectivity index (χ1) is 23.8. The largest absolute Gasteiger partial charge is 0.393 e. The summed E-state index contributed by atoms with van der Waals surface area (Å²) in [6.45, 7) is 10.7. The van der Waals surface area contributed by atoms with Crippen molar-refractivity contribution in [3.8, 4) is 6.07 Å². The molecule has 2 atom stereocenters. The second kappa shape index (κ2) is 13.4. The van der Waals surface area contributed by atoms with Crippen LogP contribution in [0.25, 0.3) is 21.1 Å². The highest BCUT2D eigenvalue weighted by atomic mass is 32.2.